The van der Waals surface area contributed by atoms with Crippen molar-refractivity contribution in [2.24, 2.45) is 0 Å². The molecule has 7 nitrogen and oxygen atoms in total. The number of benzene rings is 1. The van der Waals surface area contributed by atoms with Crippen molar-refractivity contribution in [2.75, 3.05) is 19.7 Å². The van der Waals surface area contributed by atoms with E-state index in [0.717, 1.165) is 12.8 Å². The van der Waals surface area contributed by atoms with Crippen LogP contribution in [0, 0.1) is 0 Å². The maximum atomic E-state index is 12.9. The van der Waals surface area contributed by atoms with Crippen LogP contribution < -0.4 is 9.47 Å². The summed E-state index contributed by atoms with van der Waals surface area (Å²) in [5.74, 6) is -0.290. The second kappa shape index (κ2) is 8.33. The zero-order valence-electron chi connectivity index (χ0n) is 14.3. The van der Waals surface area contributed by atoms with Gasteiger partial charge in [-0.05, 0) is 43.5 Å². The molecule has 1 aliphatic heterocycles. The van der Waals surface area contributed by atoms with Gasteiger partial charge in [0.15, 0.2) is 11.5 Å². The second-order valence-electron chi connectivity index (χ2n) is 5.93. The summed E-state index contributed by atoms with van der Waals surface area (Å²) in [5.41, 5.74) is 0.225. The van der Waals surface area contributed by atoms with E-state index in [2.05, 4.69) is 4.98 Å². The minimum Gasteiger partial charge on any atom is -0.490 e. The van der Waals surface area contributed by atoms with Gasteiger partial charge in [-0.15, -0.1) is 0 Å². The number of hydrogen-bond acceptors (Lipinski definition) is 5. The molecule has 0 fully saturated rings. The Bertz CT molecular complexity index is 793. The largest absolute Gasteiger partial charge is 0.490 e. The first-order valence-corrected chi connectivity index (χ1v) is 8.51. The molecule has 0 saturated carbocycles. The number of hydrogen-bond donors (Lipinski definition) is 1. The van der Waals surface area contributed by atoms with Crippen LogP contribution in [-0.2, 0) is 4.79 Å². The molecule has 0 unspecified atom stereocenters. The molecule has 7 heteroatoms. The summed E-state index contributed by atoms with van der Waals surface area (Å²) in [4.78, 5) is 29.5. The maximum Gasteiger partial charge on any atom is 0.323 e. The molecule has 0 bridgehead atoms. The van der Waals surface area contributed by atoms with Crippen LogP contribution in [0.25, 0.3) is 0 Å². The van der Waals surface area contributed by atoms with Gasteiger partial charge in [-0.3, -0.25) is 9.59 Å². The molecule has 0 saturated heterocycles. The zero-order chi connectivity index (χ0) is 18.4. The Hall–Kier alpha value is -3.09. The number of aromatic nitrogens is 1. The van der Waals surface area contributed by atoms with Gasteiger partial charge in [0.05, 0.1) is 6.61 Å². The Kier molecular flexibility index (Phi) is 5.68. The van der Waals surface area contributed by atoms with E-state index in [4.69, 9.17) is 14.6 Å². The number of ether oxygens (including phenoxy) is 2. The van der Waals surface area contributed by atoms with Crippen LogP contribution in [0.2, 0.25) is 0 Å². The van der Waals surface area contributed by atoms with Crippen molar-refractivity contribution in [1.82, 2.24) is 9.88 Å². The Morgan fingerprint density at radius 3 is 2.73 bits per heavy atom. The number of carbonyl (C=O) groups is 2. The van der Waals surface area contributed by atoms with Crippen LogP contribution in [0.4, 0.5) is 0 Å². The van der Waals surface area contributed by atoms with Crippen molar-refractivity contribution in [3.63, 3.8) is 0 Å². The van der Waals surface area contributed by atoms with E-state index in [9.17, 15) is 9.59 Å². The molecule has 3 rings (SSSR count). The van der Waals surface area contributed by atoms with Crippen LogP contribution in [0.3, 0.4) is 0 Å². The van der Waals surface area contributed by atoms with E-state index in [0.29, 0.717) is 31.1 Å². The molecule has 2 heterocycles. The zero-order valence-corrected chi connectivity index (χ0v) is 14.3. The lowest BCUT2D eigenvalue weighted by Gasteiger charge is -2.21. The highest BCUT2D eigenvalue weighted by molar-refractivity contribution is 5.97. The molecule has 136 valence electrons. The van der Waals surface area contributed by atoms with Gasteiger partial charge in [-0.1, -0.05) is 12.1 Å². The summed E-state index contributed by atoms with van der Waals surface area (Å²) in [7, 11) is 0. The van der Waals surface area contributed by atoms with Crippen molar-refractivity contribution in [2.45, 2.75) is 19.3 Å². The fourth-order valence-electron chi connectivity index (χ4n) is 2.74. The van der Waals surface area contributed by atoms with Crippen molar-refractivity contribution in [3.8, 4) is 17.4 Å². The van der Waals surface area contributed by atoms with Gasteiger partial charge in [0.1, 0.15) is 12.1 Å². The van der Waals surface area contributed by atoms with Crippen molar-refractivity contribution in [1.29, 1.82) is 0 Å². The number of nitrogens with zero attached hydrogens (tertiary/aromatic N) is 2. The SMILES string of the molecule is O=C(O)CN1CCCCCOc2ccccc2Oc2ncccc2C1=O. The highest BCUT2D eigenvalue weighted by atomic mass is 16.5. The molecule has 1 aromatic carbocycles. The van der Waals surface area contributed by atoms with Crippen LogP contribution >= 0.6 is 0 Å². The average molecular weight is 356 g/mol. The molecule has 0 aliphatic carbocycles. The molecule has 2 aromatic rings. The van der Waals surface area contributed by atoms with Gasteiger partial charge >= 0.3 is 5.97 Å². The normalized spacial score (nSPS) is 15.2. The van der Waals surface area contributed by atoms with Crippen molar-refractivity contribution < 1.29 is 24.2 Å². The van der Waals surface area contributed by atoms with Gasteiger partial charge in [-0.25, -0.2) is 4.98 Å². The molecule has 0 radical (unpaired) electrons. The summed E-state index contributed by atoms with van der Waals surface area (Å²) in [5, 5.41) is 9.13. The summed E-state index contributed by atoms with van der Waals surface area (Å²) in [6.07, 6.45) is 3.84. The molecule has 0 atom stereocenters. The summed E-state index contributed by atoms with van der Waals surface area (Å²) >= 11 is 0. The second-order valence-corrected chi connectivity index (χ2v) is 5.93. The molecular formula is C19H20N2O5. The predicted molar refractivity (Wildman–Crippen MR) is 93.6 cm³/mol. The first-order chi connectivity index (χ1) is 12.6. The van der Waals surface area contributed by atoms with E-state index in [1.165, 1.54) is 11.1 Å². The molecule has 1 aliphatic rings. The standard InChI is InChI=1S/C19H20N2O5/c22-17(23)13-21-11-4-1-5-12-25-15-8-2-3-9-16(15)26-18-14(19(21)24)7-6-10-20-18/h2-3,6-10H,1,4-5,11-13H2,(H,22,23). The number of carbonyl (C=O) groups excluding carboxylic acids is 1. The monoisotopic (exact) mass is 356 g/mol. The third-order valence-corrected chi connectivity index (χ3v) is 4.00. The number of carboxylic acids is 1. The van der Waals surface area contributed by atoms with Gasteiger partial charge in [0.2, 0.25) is 5.88 Å². The van der Waals surface area contributed by atoms with Crippen LogP contribution in [-0.4, -0.2) is 46.6 Å². The van der Waals surface area contributed by atoms with Crippen molar-refractivity contribution >= 4 is 11.9 Å². The lowest BCUT2D eigenvalue weighted by atomic mass is 10.2. The van der Waals surface area contributed by atoms with Crippen LogP contribution in [0.1, 0.15) is 29.6 Å². The molecule has 26 heavy (non-hydrogen) atoms. The Labute approximate surface area is 151 Å². The van der Waals surface area contributed by atoms with Gasteiger partial charge in [0, 0.05) is 12.7 Å². The van der Waals surface area contributed by atoms with E-state index < -0.39 is 11.9 Å². The van der Waals surface area contributed by atoms with Crippen LogP contribution in [0.5, 0.6) is 17.4 Å². The van der Waals surface area contributed by atoms with Gasteiger partial charge in [0.25, 0.3) is 5.91 Å². The smallest absolute Gasteiger partial charge is 0.323 e. The number of carboxylic acid groups (broad SMARTS) is 1. The highest BCUT2D eigenvalue weighted by Crippen LogP contribution is 2.32. The van der Waals surface area contributed by atoms with Gasteiger partial charge < -0.3 is 19.5 Å². The predicted octanol–water partition coefficient (Wildman–Crippen LogP) is 2.96. The number of amides is 1. The number of para-hydroxylation sites is 2. The lowest BCUT2D eigenvalue weighted by Crippen LogP contribution is -2.36. The minimum absolute atomic E-state index is 0.128. The molecular weight excluding hydrogens is 336 g/mol. The lowest BCUT2D eigenvalue weighted by molar-refractivity contribution is -0.137. The fourth-order valence-corrected chi connectivity index (χ4v) is 2.74. The number of fused-ring (bicyclic) bond motifs is 2. The fraction of sp³-hybridized carbons (Fsp3) is 0.316. The van der Waals surface area contributed by atoms with Crippen molar-refractivity contribution in [3.05, 3.63) is 48.2 Å². The Balaban J connectivity index is 1.98. The minimum atomic E-state index is -1.05. The average Bonchev–Trinajstić information content (AvgIpc) is 2.64. The molecule has 0 spiro atoms. The number of rotatable bonds is 2. The number of aliphatic carboxylic acids is 1. The quantitative estimate of drug-likeness (QED) is 0.890. The third kappa shape index (κ3) is 4.30. The molecule has 1 N–H and O–H groups in total. The summed E-state index contributed by atoms with van der Waals surface area (Å²) < 4.78 is 11.6. The summed E-state index contributed by atoms with van der Waals surface area (Å²) in [6.45, 7) is 0.509. The summed E-state index contributed by atoms with van der Waals surface area (Å²) in [6, 6.07) is 10.4. The van der Waals surface area contributed by atoms with Crippen LogP contribution in [0.15, 0.2) is 42.6 Å². The third-order valence-electron chi connectivity index (χ3n) is 4.00. The number of pyridine rings is 1. The Morgan fingerprint density at radius 1 is 1.12 bits per heavy atom. The van der Waals surface area contributed by atoms with E-state index in [1.807, 2.05) is 6.07 Å². The molecule has 1 aromatic heterocycles. The molecule has 1 amide bonds. The first-order valence-electron chi connectivity index (χ1n) is 8.51. The highest BCUT2D eigenvalue weighted by Gasteiger charge is 2.23. The topological polar surface area (TPSA) is 89.0 Å². The first kappa shape index (κ1) is 17.7. The Morgan fingerprint density at radius 2 is 1.92 bits per heavy atom. The van der Waals surface area contributed by atoms with E-state index in [1.54, 1.807) is 30.3 Å². The van der Waals surface area contributed by atoms with E-state index in [-0.39, 0.29) is 18.0 Å². The maximum absolute atomic E-state index is 12.9. The van der Waals surface area contributed by atoms with E-state index >= 15 is 0 Å². The van der Waals surface area contributed by atoms with Gasteiger partial charge in [-0.2, -0.15) is 0 Å².